The summed E-state index contributed by atoms with van der Waals surface area (Å²) < 4.78 is 18.4. The molecule has 0 unspecified atom stereocenters. The van der Waals surface area contributed by atoms with E-state index in [-0.39, 0.29) is 12.2 Å². The second kappa shape index (κ2) is 5.49. The van der Waals surface area contributed by atoms with E-state index in [1.807, 2.05) is 6.07 Å². The van der Waals surface area contributed by atoms with Crippen LogP contribution in [0.4, 0.5) is 4.39 Å². The first-order chi connectivity index (χ1) is 7.54. The SMILES string of the molecule is COc1c(F)cc(C)cc1CCCC(=O)O. The van der Waals surface area contributed by atoms with Gasteiger partial charge in [-0.05, 0) is 37.0 Å². The Bertz CT molecular complexity index is 388. The lowest BCUT2D eigenvalue weighted by Gasteiger charge is -2.10. The van der Waals surface area contributed by atoms with E-state index in [2.05, 4.69) is 0 Å². The highest BCUT2D eigenvalue weighted by atomic mass is 19.1. The number of hydrogen-bond donors (Lipinski definition) is 1. The fourth-order valence-corrected chi connectivity index (χ4v) is 1.65. The number of ether oxygens (including phenoxy) is 1. The number of methoxy groups -OCH3 is 1. The molecule has 0 amide bonds. The van der Waals surface area contributed by atoms with Gasteiger partial charge in [0.15, 0.2) is 11.6 Å². The van der Waals surface area contributed by atoms with Crippen molar-refractivity contribution in [1.29, 1.82) is 0 Å². The minimum atomic E-state index is -0.841. The molecule has 1 aromatic carbocycles. The van der Waals surface area contributed by atoms with Gasteiger partial charge in [-0.25, -0.2) is 4.39 Å². The van der Waals surface area contributed by atoms with Crippen LogP contribution in [-0.2, 0) is 11.2 Å². The Morgan fingerprint density at radius 1 is 1.50 bits per heavy atom. The Kier molecular flexibility index (Phi) is 4.28. The molecule has 0 aliphatic carbocycles. The zero-order valence-corrected chi connectivity index (χ0v) is 9.42. The van der Waals surface area contributed by atoms with Crippen LogP contribution < -0.4 is 4.74 Å². The molecular formula is C12H15FO3. The van der Waals surface area contributed by atoms with Gasteiger partial charge < -0.3 is 9.84 Å². The van der Waals surface area contributed by atoms with E-state index in [1.165, 1.54) is 13.2 Å². The first-order valence-electron chi connectivity index (χ1n) is 5.09. The summed E-state index contributed by atoms with van der Waals surface area (Å²) in [6.07, 6.45) is 1.07. The summed E-state index contributed by atoms with van der Waals surface area (Å²) in [5, 5.41) is 8.52. The smallest absolute Gasteiger partial charge is 0.303 e. The van der Waals surface area contributed by atoms with Crippen LogP contribution >= 0.6 is 0 Å². The lowest BCUT2D eigenvalue weighted by molar-refractivity contribution is -0.137. The number of hydrogen-bond acceptors (Lipinski definition) is 2. The van der Waals surface area contributed by atoms with Gasteiger partial charge in [0.25, 0.3) is 0 Å². The molecule has 0 radical (unpaired) electrons. The number of aryl methyl sites for hydroxylation is 2. The molecule has 0 heterocycles. The average molecular weight is 226 g/mol. The molecule has 88 valence electrons. The Balaban J connectivity index is 2.81. The van der Waals surface area contributed by atoms with Crippen molar-refractivity contribution in [2.24, 2.45) is 0 Å². The fourth-order valence-electron chi connectivity index (χ4n) is 1.65. The van der Waals surface area contributed by atoms with E-state index < -0.39 is 11.8 Å². The molecule has 3 nitrogen and oxygen atoms in total. The predicted molar refractivity (Wildman–Crippen MR) is 58.3 cm³/mol. The highest BCUT2D eigenvalue weighted by Gasteiger charge is 2.10. The van der Waals surface area contributed by atoms with Crippen LogP contribution in [0, 0.1) is 12.7 Å². The molecule has 1 rings (SSSR count). The van der Waals surface area contributed by atoms with E-state index in [0.717, 1.165) is 11.1 Å². The van der Waals surface area contributed by atoms with Crippen LogP contribution in [0.15, 0.2) is 12.1 Å². The maximum Gasteiger partial charge on any atom is 0.303 e. The summed E-state index contributed by atoms with van der Waals surface area (Å²) in [7, 11) is 1.41. The highest BCUT2D eigenvalue weighted by molar-refractivity contribution is 5.66. The van der Waals surface area contributed by atoms with Crippen LogP contribution in [0.3, 0.4) is 0 Å². The van der Waals surface area contributed by atoms with Crippen molar-refractivity contribution in [3.05, 3.63) is 29.1 Å². The Morgan fingerprint density at radius 3 is 2.75 bits per heavy atom. The summed E-state index contributed by atoms with van der Waals surface area (Å²) in [6.45, 7) is 1.79. The van der Waals surface area contributed by atoms with Gasteiger partial charge in [-0.3, -0.25) is 4.79 Å². The second-order valence-electron chi connectivity index (χ2n) is 3.69. The molecule has 0 atom stereocenters. The van der Waals surface area contributed by atoms with E-state index in [1.54, 1.807) is 6.92 Å². The molecule has 0 fully saturated rings. The summed E-state index contributed by atoms with van der Waals surface area (Å²) in [5.41, 5.74) is 1.53. The van der Waals surface area contributed by atoms with E-state index in [0.29, 0.717) is 12.8 Å². The number of rotatable bonds is 5. The van der Waals surface area contributed by atoms with Gasteiger partial charge in [0.05, 0.1) is 7.11 Å². The average Bonchev–Trinajstić information content (AvgIpc) is 2.16. The van der Waals surface area contributed by atoms with Crippen molar-refractivity contribution >= 4 is 5.97 Å². The summed E-state index contributed by atoms with van der Waals surface area (Å²) in [5.74, 6) is -1.02. The first kappa shape index (κ1) is 12.5. The standard InChI is InChI=1S/C12H15FO3/c1-8-6-9(4-3-5-11(14)15)12(16-2)10(13)7-8/h6-7H,3-5H2,1-2H3,(H,14,15). The fraction of sp³-hybridized carbons (Fsp3) is 0.417. The van der Waals surface area contributed by atoms with Gasteiger partial charge >= 0.3 is 5.97 Å². The van der Waals surface area contributed by atoms with E-state index in [9.17, 15) is 9.18 Å². The number of benzene rings is 1. The molecule has 0 aromatic heterocycles. The molecule has 1 aromatic rings. The highest BCUT2D eigenvalue weighted by Crippen LogP contribution is 2.25. The number of carboxylic acid groups (broad SMARTS) is 1. The quantitative estimate of drug-likeness (QED) is 0.839. The van der Waals surface area contributed by atoms with Crippen LogP contribution in [0.1, 0.15) is 24.0 Å². The van der Waals surface area contributed by atoms with Gasteiger partial charge in [0, 0.05) is 6.42 Å². The lowest BCUT2D eigenvalue weighted by atomic mass is 10.0. The minimum Gasteiger partial charge on any atom is -0.493 e. The van der Waals surface area contributed by atoms with Crippen LogP contribution in [-0.4, -0.2) is 18.2 Å². The van der Waals surface area contributed by atoms with Gasteiger partial charge in [-0.1, -0.05) is 6.07 Å². The molecule has 1 N–H and O–H groups in total. The van der Waals surface area contributed by atoms with Gasteiger partial charge in [-0.2, -0.15) is 0 Å². The summed E-state index contributed by atoms with van der Waals surface area (Å²) >= 11 is 0. The third-order valence-electron chi connectivity index (χ3n) is 2.31. The topological polar surface area (TPSA) is 46.5 Å². The Hall–Kier alpha value is -1.58. The van der Waals surface area contributed by atoms with Crippen molar-refractivity contribution < 1.29 is 19.0 Å². The van der Waals surface area contributed by atoms with Crippen molar-refractivity contribution in [1.82, 2.24) is 0 Å². The maximum atomic E-state index is 13.5. The van der Waals surface area contributed by atoms with Crippen LogP contribution in [0.2, 0.25) is 0 Å². The normalized spacial score (nSPS) is 10.2. The largest absolute Gasteiger partial charge is 0.493 e. The summed E-state index contributed by atoms with van der Waals surface area (Å²) in [4.78, 5) is 10.4. The molecule has 0 bridgehead atoms. The van der Waals surface area contributed by atoms with Crippen molar-refractivity contribution in [2.75, 3.05) is 7.11 Å². The Labute approximate surface area is 93.9 Å². The van der Waals surface area contributed by atoms with Crippen molar-refractivity contribution in [3.63, 3.8) is 0 Å². The minimum absolute atomic E-state index is 0.0821. The molecule has 0 saturated carbocycles. The van der Waals surface area contributed by atoms with Crippen LogP contribution in [0.25, 0.3) is 0 Å². The lowest BCUT2D eigenvalue weighted by Crippen LogP contribution is -2.00. The number of carbonyl (C=O) groups is 1. The molecule has 4 heteroatoms. The predicted octanol–water partition coefficient (Wildman–Crippen LogP) is 2.55. The zero-order chi connectivity index (χ0) is 12.1. The van der Waals surface area contributed by atoms with Crippen LogP contribution in [0.5, 0.6) is 5.75 Å². The Morgan fingerprint density at radius 2 is 2.19 bits per heavy atom. The van der Waals surface area contributed by atoms with Gasteiger partial charge in [0.1, 0.15) is 0 Å². The molecule has 0 spiro atoms. The van der Waals surface area contributed by atoms with Crippen molar-refractivity contribution in [2.45, 2.75) is 26.2 Å². The monoisotopic (exact) mass is 226 g/mol. The molecule has 0 aliphatic rings. The third-order valence-corrected chi connectivity index (χ3v) is 2.31. The number of carboxylic acids is 1. The molecule has 0 saturated heterocycles. The van der Waals surface area contributed by atoms with Crippen molar-refractivity contribution in [3.8, 4) is 5.75 Å². The maximum absolute atomic E-state index is 13.5. The second-order valence-corrected chi connectivity index (χ2v) is 3.69. The first-order valence-corrected chi connectivity index (χ1v) is 5.09. The van der Waals surface area contributed by atoms with E-state index >= 15 is 0 Å². The number of aliphatic carboxylic acids is 1. The molecular weight excluding hydrogens is 211 g/mol. The van der Waals surface area contributed by atoms with Gasteiger partial charge in [-0.15, -0.1) is 0 Å². The molecule has 0 aliphatic heterocycles. The summed E-state index contributed by atoms with van der Waals surface area (Å²) in [6, 6.07) is 3.23. The van der Waals surface area contributed by atoms with E-state index in [4.69, 9.17) is 9.84 Å². The zero-order valence-electron chi connectivity index (χ0n) is 9.42. The van der Waals surface area contributed by atoms with Gasteiger partial charge in [0.2, 0.25) is 0 Å². The number of halogens is 1. The molecule has 16 heavy (non-hydrogen) atoms. The third kappa shape index (κ3) is 3.22.